The first-order valence-electron chi connectivity index (χ1n) is 5.54. The molecule has 4 nitrogen and oxygen atoms in total. The van der Waals surface area contributed by atoms with E-state index in [2.05, 4.69) is 15.1 Å². The zero-order valence-corrected chi connectivity index (χ0v) is 11.0. The van der Waals surface area contributed by atoms with E-state index in [1.54, 1.807) is 30.5 Å². The first-order chi connectivity index (χ1) is 9.11. The van der Waals surface area contributed by atoms with Crippen LogP contribution in [0.4, 0.5) is 0 Å². The lowest BCUT2D eigenvalue weighted by molar-refractivity contribution is 1.13. The Morgan fingerprint density at radius 3 is 2.95 bits per heavy atom. The second-order valence-corrected chi connectivity index (χ2v) is 4.34. The molecular formula is C13H10BClN4. The Labute approximate surface area is 117 Å². The molecule has 2 radical (unpaired) electrons. The third-order valence-corrected chi connectivity index (χ3v) is 2.79. The Bertz CT molecular complexity index is 655. The minimum Gasteiger partial charge on any atom is -0.264 e. The fourth-order valence-corrected chi connectivity index (χ4v) is 1.88. The summed E-state index contributed by atoms with van der Waals surface area (Å²) < 4.78 is 0. The number of nitrogens with one attached hydrogen (secondary N) is 1. The molecule has 2 aromatic rings. The van der Waals surface area contributed by atoms with Crippen LogP contribution >= 0.6 is 11.6 Å². The molecule has 2 rings (SSSR count). The van der Waals surface area contributed by atoms with E-state index in [-0.39, 0.29) is 0 Å². The van der Waals surface area contributed by atoms with Crippen LogP contribution in [0.5, 0.6) is 0 Å². The van der Waals surface area contributed by atoms with Crippen molar-refractivity contribution in [1.29, 1.82) is 5.53 Å². The van der Waals surface area contributed by atoms with Crippen molar-refractivity contribution in [2.45, 2.75) is 6.92 Å². The zero-order chi connectivity index (χ0) is 13.8. The molecule has 0 atom stereocenters. The number of aryl methyl sites for hydroxylation is 1. The molecule has 0 saturated carbocycles. The zero-order valence-electron chi connectivity index (χ0n) is 10.3. The summed E-state index contributed by atoms with van der Waals surface area (Å²) in [5.41, 5.74) is 10.3. The van der Waals surface area contributed by atoms with E-state index in [4.69, 9.17) is 25.0 Å². The van der Waals surface area contributed by atoms with E-state index >= 15 is 0 Å². The second-order valence-electron chi connectivity index (χ2n) is 3.91. The van der Waals surface area contributed by atoms with E-state index in [1.807, 2.05) is 6.92 Å². The quantitative estimate of drug-likeness (QED) is 0.687. The van der Waals surface area contributed by atoms with E-state index in [1.165, 1.54) is 6.20 Å². The van der Waals surface area contributed by atoms with Crippen LogP contribution in [0.1, 0.15) is 17.0 Å². The van der Waals surface area contributed by atoms with Gasteiger partial charge in [0.1, 0.15) is 7.85 Å². The average Bonchev–Trinajstić information content (AvgIpc) is 2.39. The summed E-state index contributed by atoms with van der Waals surface area (Å²) in [4.78, 5) is 8.43. The number of rotatable bonds is 3. The van der Waals surface area contributed by atoms with Crippen molar-refractivity contribution < 1.29 is 0 Å². The minimum absolute atomic E-state index is 0.404. The molecule has 0 fully saturated rings. The first kappa shape index (κ1) is 13.4. The fraction of sp³-hybridized carbons (Fsp3) is 0.0769. The largest absolute Gasteiger partial charge is 0.264 e. The number of hydrogen-bond donors (Lipinski definition) is 1. The highest BCUT2D eigenvalue weighted by atomic mass is 35.5. The monoisotopic (exact) mass is 268 g/mol. The summed E-state index contributed by atoms with van der Waals surface area (Å²) in [6.07, 6.45) is 2.98. The van der Waals surface area contributed by atoms with Crippen LogP contribution in [-0.2, 0) is 0 Å². The average molecular weight is 269 g/mol. The molecule has 92 valence electrons. The van der Waals surface area contributed by atoms with E-state index in [0.29, 0.717) is 21.9 Å². The van der Waals surface area contributed by atoms with Gasteiger partial charge in [0.2, 0.25) is 0 Å². The number of pyridine rings is 2. The van der Waals surface area contributed by atoms with Crippen LogP contribution in [0.15, 0.2) is 41.8 Å². The van der Waals surface area contributed by atoms with Gasteiger partial charge in [0.15, 0.2) is 0 Å². The molecule has 0 bridgehead atoms. The fourth-order valence-electron chi connectivity index (χ4n) is 1.72. The molecule has 2 aromatic heterocycles. The maximum Gasteiger partial charge on any atom is 0.141 e. The van der Waals surface area contributed by atoms with Crippen molar-refractivity contribution in [3.8, 4) is 0 Å². The van der Waals surface area contributed by atoms with Gasteiger partial charge in [-0.15, -0.1) is 0 Å². The molecule has 2 heterocycles. The van der Waals surface area contributed by atoms with Crippen LogP contribution in [-0.4, -0.2) is 17.8 Å². The number of nitrogens with zero attached hydrogens (tertiary/aromatic N) is 3. The maximum absolute atomic E-state index is 7.05. The highest BCUT2D eigenvalue weighted by Crippen LogP contribution is 2.25. The lowest BCUT2D eigenvalue weighted by Crippen LogP contribution is -2.10. The third-order valence-electron chi connectivity index (χ3n) is 2.58. The van der Waals surface area contributed by atoms with Crippen molar-refractivity contribution in [2.24, 2.45) is 5.11 Å². The van der Waals surface area contributed by atoms with Gasteiger partial charge in [0, 0.05) is 23.0 Å². The Morgan fingerprint density at radius 2 is 2.26 bits per heavy atom. The SMILES string of the molecule is [B]c1cccc(/C(=C/N=N)c2cc(Cl)cnc2C)n1. The molecule has 1 N–H and O–H groups in total. The molecule has 0 aliphatic rings. The predicted octanol–water partition coefficient (Wildman–Crippen LogP) is 2.65. The normalized spacial score (nSPS) is 11.4. The first-order valence-corrected chi connectivity index (χ1v) is 5.92. The molecular weight excluding hydrogens is 258 g/mol. The van der Waals surface area contributed by atoms with Crippen LogP contribution < -0.4 is 5.59 Å². The van der Waals surface area contributed by atoms with Crippen LogP contribution in [0.3, 0.4) is 0 Å². The number of hydrogen-bond acceptors (Lipinski definition) is 4. The smallest absolute Gasteiger partial charge is 0.141 e. The Morgan fingerprint density at radius 1 is 1.47 bits per heavy atom. The molecule has 0 spiro atoms. The van der Waals surface area contributed by atoms with Gasteiger partial charge < -0.3 is 0 Å². The van der Waals surface area contributed by atoms with E-state index in [0.717, 1.165) is 11.3 Å². The number of aromatic nitrogens is 2. The Balaban J connectivity index is 2.62. The van der Waals surface area contributed by atoms with Gasteiger partial charge in [-0.05, 0) is 24.6 Å². The Hall–Kier alpha value is -2.01. The Kier molecular flexibility index (Phi) is 4.07. The predicted molar refractivity (Wildman–Crippen MR) is 75.8 cm³/mol. The minimum atomic E-state index is 0.404. The van der Waals surface area contributed by atoms with Gasteiger partial charge in [0.25, 0.3) is 0 Å². The molecule has 0 aliphatic heterocycles. The summed E-state index contributed by atoms with van der Waals surface area (Å²) in [5, 5.41) is 3.84. The highest BCUT2D eigenvalue weighted by molar-refractivity contribution is 6.31. The van der Waals surface area contributed by atoms with Crippen LogP contribution in [0, 0.1) is 12.5 Å². The molecule has 0 aromatic carbocycles. The highest BCUT2D eigenvalue weighted by Gasteiger charge is 2.11. The molecule has 6 heteroatoms. The summed E-state index contributed by atoms with van der Waals surface area (Å²) in [6, 6.07) is 7.06. The summed E-state index contributed by atoms with van der Waals surface area (Å²) in [5.74, 6) is 0. The van der Waals surface area contributed by atoms with Crippen molar-refractivity contribution in [3.63, 3.8) is 0 Å². The summed E-state index contributed by atoms with van der Waals surface area (Å²) in [7, 11) is 5.68. The van der Waals surface area contributed by atoms with E-state index < -0.39 is 0 Å². The van der Waals surface area contributed by atoms with Crippen LogP contribution in [0.25, 0.3) is 5.57 Å². The molecule has 0 aliphatic carbocycles. The third kappa shape index (κ3) is 3.06. The maximum atomic E-state index is 7.05. The van der Waals surface area contributed by atoms with Crippen molar-refractivity contribution in [3.05, 3.63) is 58.6 Å². The lowest BCUT2D eigenvalue weighted by Gasteiger charge is -2.10. The van der Waals surface area contributed by atoms with Crippen molar-refractivity contribution in [1.82, 2.24) is 9.97 Å². The standard InChI is InChI=1S/C13H10BClN4/c1-8-10(5-9(15)6-17-8)11(7-18-16)12-3-2-4-13(14)19-12/h2-7,16H,1H3/b11-7+,18-16?. The van der Waals surface area contributed by atoms with Gasteiger partial charge in [-0.2, -0.15) is 5.11 Å². The summed E-state index contributed by atoms with van der Waals surface area (Å²) in [6.45, 7) is 1.86. The lowest BCUT2D eigenvalue weighted by atomic mass is 9.99. The van der Waals surface area contributed by atoms with Crippen LogP contribution in [0.2, 0.25) is 5.02 Å². The van der Waals surface area contributed by atoms with Gasteiger partial charge in [0.05, 0.1) is 16.9 Å². The van der Waals surface area contributed by atoms with Gasteiger partial charge in [-0.25, -0.2) is 5.53 Å². The van der Waals surface area contributed by atoms with Gasteiger partial charge in [-0.3, -0.25) is 9.97 Å². The molecule has 19 heavy (non-hydrogen) atoms. The summed E-state index contributed by atoms with van der Waals surface area (Å²) >= 11 is 5.97. The molecule has 0 amide bonds. The molecule has 0 unspecified atom stereocenters. The van der Waals surface area contributed by atoms with Gasteiger partial charge >= 0.3 is 0 Å². The van der Waals surface area contributed by atoms with Crippen molar-refractivity contribution in [2.75, 3.05) is 0 Å². The molecule has 0 saturated heterocycles. The van der Waals surface area contributed by atoms with Gasteiger partial charge in [-0.1, -0.05) is 23.7 Å². The van der Waals surface area contributed by atoms with E-state index in [9.17, 15) is 0 Å². The van der Waals surface area contributed by atoms with Crippen molar-refractivity contribution >= 4 is 30.6 Å². The second kappa shape index (κ2) is 5.76. The topological polar surface area (TPSA) is 62.0 Å². The number of halogens is 1.